The van der Waals surface area contributed by atoms with E-state index in [1.807, 2.05) is 0 Å². The minimum atomic E-state index is -0.487. The zero-order chi connectivity index (χ0) is 21.3. The second-order valence-electron chi connectivity index (χ2n) is 8.52. The maximum atomic E-state index is 13.6. The highest BCUT2D eigenvalue weighted by Gasteiger charge is 2.37. The third-order valence-electron chi connectivity index (χ3n) is 6.26. The maximum Gasteiger partial charge on any atom is 0.337 e. The van der Waals surface area contributed by atoms with E-state index in [2.05, 4.69) is 20.8 Å². The molecule has 1 aromatic carbocycles. The van der Waals surface area contributed by atoms with E-state index in [1.54, 1.807) is 18.2 Å². The van der Waals surface area contributed by atoms with Gasteiger partial charge in [0.05, 0.1) is 23.7 Å². The monoisotopic (exact) mass is 401 g/mol. The van der Waals surface area contributed by atoms with E-state index < -0.39 is 11.7 Å². The van der Waals surface area contributed by atoms with Gasteiger partial charge in [-0.05, 0) is 48.8 Å². The summed E-state index contributed by atoms with van der Waals surface area (Å²) >= 11 is 0. The number of fused-ring (bicyclic) bond motifs is 1. The quantitative estimate of drug-likeness (QED) is 0.777. The molecule has 0 unspecified atom stereocenters. The summed E-state index contributed by atoms with van der Waals surface area (Å²) in [6.45, 7) is 6.98. The van der Waals surface area contributed by atoms with Crippen LogP contribution in [0.1, 0.15) is 55.2 Å². The van der Waals surface area contributed by atoms with Crippen molar-refractivity contribution in [2.75, 3.05) is 13.7 Å². The van der Waals surface area contributed by atoms with Crippen molar-refractivity contribution in [1.82, 2.24) is 9.13 Å². The van der Waals surface area contributed by atoms with Gasteiger partial charge in [-0.3, -0.25) is 9.36 Å². The fourth-order valence-corrected chi connectivity index (χ4v) is 4.71. The largest absolute Gasteiger partial charge is 0.465 e. The highest BCUT2D eigenvalue weighted by Crippen LogP contribution is 2.39. The Labute approximate surface area is 170 Å². The smallest absolute Gasteiger partial charge is 0.337 e. The number of benzene rings is 1. The zero-order valence-electron chi connectivity index (χ0n) is 17.7. The Balaban J connectivity index is 2.15. The normalized spacial score (nSPS) is 22.2. The molecule has 0 saturated heterocycles. The van der Waals surface area contributed by atoms with Crippen LogP contribution in [0.3, 0.4) is 0 Å². The number of hydrogen-bond acceptors (Lipinski definition) is 5. The van der Waals surface area contributed by atoms with Crippen molar-refractivity contribution in [3.63, 3.8) is 0 Å². The molecule has 7 heteroatoms. The number of carbonyl (C=O) groups excluding carboxylic acids is 2. The van der Waals surface area contributed by atoms with Gasteiger partial charge in [0.1, 0.15) is 0 Å². The summed E-state index contributed by atoms with van der Waals surface area (Å²) in [6.07, 6.45) is 2.90. The fraction of sp³-hybridized carbons (Fsp3) is 0.591. The van der Waals surface area contributed by atoms with Crippen molar-refractivity contribution >= 4 is 22.9 Å². The Hall–Kier alpha value is -2.41. The number of esters is 1. The maximum absolute atomic E-state index is 13.6. The predicted molar refractivity (Wildman–Crippen MR) is 112 cm³/mol. The minimum Gasteiger partial charge on any atom is -0.465 e. The van der Waals surface area contributed by atoms with Crippen molar-refractivity contribution in [2.24, 2.45) is 29.4 Å². The van der Waals surface area contributed by atoms with Crippen LogP contribution in [0.25, 0.3) is 11.0 Å². The molecule has 2 aromatic rings. The SMILES string of the molecule is COC(=O)c1ccc2c(c1)n(CCN)c(=O)n2C(=O)[C@@H]1C[C@H](C)CC[C@H]1C(C)C. The van der Waals surface area contributed by atoms with Gasteiger partial charge in [-0.2, -0.15) is 0 Å². The first-order valence-electron chi connectivity index (χ1n) is 10.4. The molecule has 0 bridgehead atoms. The van der Waals surface area contributed by atoms with E-state index in [0.717, 1.165) is 19.3 Å². The Kier molecular flexibility index (Phi) is 6.27. The number of ether oxygens (including phenoxy) is 1. The van der Waals surface area contributed by atoms with E-state index in [1.165, 1.54) is 16.2 Å². The van der Waals surface area contributed by atoms with Crippen molar-refractivity contribution in [3.05, 3.63) is 34.2 Å². The van der Waals surface area contributed by atoms with Gasteiger partial charge in [-0.15, -0.1) is 0 Å². The molecule has 0 amide bonds. The first-order valence-corrected chi connectivity index (χ1v) is 10.4. The first kappa shape index (κ1) is 21.3. The molecule has 1 fully saturated rings. The van der Waals surface area contributed by atoms with Crippen LogP contribution in [0.4, 0.5) is 0 Å². The molecule has 1 saturated carbocycles. The summed E-state index contributed by atoms with van der Waals surface area (Å²) in [5.41, 5.74) is 6.70. The lowest BCUT2D eigenvalue weighted by Gasteiger charge is -2.36. The van der Waals surface area contributed by atoms with Gasteiger partial charge in [0.15, 0.2) is 0 Å². The topological polar surface area (TPSA) is 96.3 Å². The van der Waals surface area contributed by atoms with Gasteiger partial charge in [-0.25, -0.2) is 14.2 Å². The summed E-state index contributed by atoms with van der Waals surface area (Å²) in [4.78, 5) is 38.8. The summed E-state index contributed by atoms with van der Waals surface area (Å²) in [7, 11) is 1.31. The number of imidazole rings is 1. The van der Waals surface area contributed by atoms with E-state index in [9.17, 15) is 14.4 Å². The number of nitrogens with two attached hydrogens (primary N) is 1. The van der Waals surface area contributed by atoms with Gasteiger partial charge in [0.25, 0.3) is 0 Å². The van der Waals surface area contributed by atoms with Crippen molar-refractivity contribution in [1.29, 1.82) is 0 Å². The van der Waals surface area contributed by atoms with Crippen LogP contribution in [-0.2, 0) is 11.3 Å². The Morgan fingerprint density at radius 1 is 1.24 bits per heavy atom. The minimum absolute atomic E-state index is 0.146. The summed E-state index contributed by atoms with van der Waals surface area (Å²) in [5.74, 6) is 0.264. The molecular weight excluding hydrogens is 370 g/mol. The standard InChI is InChI=1S/C22H31N3O4/c1-13(2)16-7-5-14(3)11-17(16)20(26)25-18-8-6-15(21(27)29-4)12-19(18)24(10-9-23)22(25)28/h6,8,12-14,16-17H,5,7,9-11,23H2,1-4H3/t14-,16+,17-/m1/s1. The molecule has 3 atom stereocenters. The van der Waals surface area contributed by atoms with Crippen LogP contribution in [0.2, 0.25) is 0 Å². The average molecular weight is 402 g/mol. The summed E-state index contributed by atoms with van der Waals surface area (Å²) < 4.78 is 7.57. The van der Waals surface area contributed by atoms with Crippen molar-refractivity contribution in [3.8, 4) is 0 Å². The van der Waals surface area contributed by atoms with Gasteiger partial charge < -0.3 is 10.5 Å². The summed E-state index contributed by atoms with van der Waals surface area (Å²) in [6, 6.07) is 4.85. The highest BCUT2D eigenvalue weighted by molar-refractivity contribution is 5.97. The van der Waals surface area contributed by atoms with E-state index in [0.29, 0.717) is 28.4 Å². The van der Waals surface area contributed by atoms with Crippen LogP contribution < -0.4 is 11.4 Å². The van der Waals surface area contributed by atoms with Gasteiger partial charge in [0, 0.05) is 19.0 Å². The molecule has 1 aliphatic rings. The molecule has 1 aromatic heterocycles. The second-order valence-corrected chi connectivity index (χ2v) is 8.52. The Bertz CT molecular complexity index is 972. The molecule has 0 radical (unpaired) electrons. The van der Waals surface area contributed by atoms with E-state index in [-0.39, 0.29) is 30.8 Å². The number of rotatable bonds is 5. The number of nitrogens with zero attached hydrogens (tertiary/aromatic N) is 2. The molecule has 1 heterocycles. The lowest BCUT2D eigenvalue weighted by atomic mass is 9.69. The predicted octanol–water partition coefficient (Wildman–Crippen LogP) is 2.90. The molecule has 29 heavy (non-hydrogen) atoms. The first-order chi connectivity index (χ1) is 13.8. The molecule has 0 aliphatic heterocycles. The second kappa shape index (κ2) is 8.53. The molecule has 7 nitrogen and oxygen atoms in total. The Morgan fingerprint density at radius 3 is 2.59 bits per heavy atom. The lowest BCUT2D eigenvalue weighted by molar-refractivity contribution is 0.0600. The molecule has 1 aliphatic carbocycles. The molecular formula is C22H31N3O4. The van der Waals surface area contributed by atoms with Crippen LogP contribution in [0, 0.1) is 23.7 Å². The lowest BCUT2D eigenvalue weighted by Crippen LogP contribution is -2.40. The molecule has 158 valence electrons. The van der Waals surface area contributed by atoms with Crippen molar-refractivity contribution in [2.45, 2.75) is 46.6 Å². The van der Waals surface area contributed by atoms with Crippen LogP contribution in [0.5, 0.6) is 0 Å². The number of hydrogen-bond donors (Lipinski definition) is 1. The Morgan fingerprint density at radius 2 is 1.97 bits per heavy atom. The van der Waals surface area contributed by atoms with Gasteiger partial charge in [0.2, 0.25) is 5.91 Å². The fourth-order valence-electron chi connectivity index (χ4n) is 4.71. The third kappa shape index (κ3) is 3.88. The van der Waals surface area contributed by atoms with Crippen LogP contribution in [0.15, 0.2) is 23.0 Å². The molecule has 2 N–H and O–H groups in total. The zero-order valence-corrected chi connectivity index (χ0v) is 17.7. The highest BCUT2D eigenvalue weighted by atomic mass is 16.5. The average Bonchev–Trinajstić information content (AvgIpc) is 2.97. The van der Waals surface area contributed by atoms with Gasteiger partial charge in [-0.1, -0.05) is 27.2 Å². The van der Waals surface area contributed by atoms with Crippen LogP contribution >= 0.6 is 0 Å². The van der Waals surface area contributed by atoms with Crippen LogP contribution in [-0.4, -0.2) is 34.7 Å². The van der Waals surface area contributed by atoms with E-state index >= 15 is 0 Å². The van der Waals surface area contributed by atoms with Gasteiger partial charge >= 0.3 is 11.7 Å². The molecule has 3 rings (SSSR count). The molecule has 0 spiro atoms. The third-order valence-corrected chi connectivity index (χ3v) is 6.26. The number of carbonyl (C=O) groups is 2. The van der Waals surface area contributed by atoms with Crippen molar-refractivity contribution < 1.29 is 14.3 Å². The van der Waals surface area contributed by atoms with E-state index in [4.69, 9.17) is 10.5 Å². The number of aromatic nitrogens is 2. The summed E-state index contributed by atoms with van der Waals surface area (Å²) in [5, 5.41) is 0. The number of methoxy groups -OCH3 is 1.